The van der Waals surface area contributed by atoms with Gasteiger partial charge >= 0.3 is 0 Å². The van der Waals surface area contributed by atoms with Crippen LogP contribution in [-0.4, -0.2) is 44.1 Å². The first kappa shape index (κ1) is 38.6. The minimum absolute atomic E-state index is 0. The summed E-state index contributed by atoms with van der Waals surface area (Å²) in [4.78, 5) is 31.5. The summed E-state index contributed by atoms with van der Waals surface area (Å²) in [5, 5.41) is 3.38. The van der Waals surface area contributed by atoms with E-state index in [2.05, 4.69) is 75.4 Å². The number of hydrogen-bond acceptors (Lipinski definition) is 5. The number of allylic oxidation sites excluding steroid dienone is 2. The monoisotopic (exact) mass is 598 g/mol. The fraction of sp³-hybridized carbons (Fsp3) is 0.684. The van der Waals surface area contributed by atoms with E-state index in [4.69, 9.17) is 4.99 Å². The summed E-state index contributed by atoms with van der Waals surface area (Å²) in [7, 11) is 1.85. The highest BCUT2D eigenvalue weighted by Gasteiger charge is 2.30. The molecule has 246 valence electrons. The van der Waals surface area contributed by atoms with E-state index in [9.17, 15) is 9.59 Å². The SMILES string of the molecule is C.CC(C)=O.CC1CNCC(C)C1.CN=CC1=C(C2CCC[C@@H](CC(=O)CCc3ccccc3C)C2)N=CC(C)CC1C.[HH].[HH]. The van der Waals surface area contributed by atoms with Gasteiger partial charge in [0, 0.05) is 46.8 Å². The van der Waals surface area contributed by atoms with Gasteiger partial charge in [0.05, 0.1) is 0 Å². The molecule has 5 nitrogen and oxygen atoms in total. The molecule has 1 N–H and O–H groups in total. The summed E-state index contributed by atoms with van der Waals surface area (Å²) in [5.74, 6) is 4.33. The predicted octanol–water partition coefficient (Wildman–Crippen LogP) is 9.37. The minimum atomic E-state index is 0. The summed E-state index contributed by atoms with van der Waals surface area (Å²) in [6, 6.07) is 8.41. The second kappa shape index (κ2) is 20.5. The number of carbonyl (C=O) groups excluding carboxylic acids is 2. The van der Waals surface area contributed by atoms with E-state index >= 15 is 0 Å². The van der Waals surface area contributed by atoms with Crippen LogP contribution in [0.5, 0.6) is 0 Å². The van der Waals surface area contributed by atoms with E-state index in [1.54, 1.807) is 0 Å². The topological polar surface area (TPSA) is 70.9 Å². The van der Waals surface area contributed by atoms with Gasteiger partial charge < -0.3 is 10.1 Å². The molecule has 6 atom stereocenters. The summed E-state index contributed by atoms with van der Waals surface area (Å²) in [5.41, 5.74) is 5.15. The van der Waals surface area contributed by atoms with Crippen LogP contribution in [0.4, 0.5) is 0 Å². The van der Waals surface area contributed by atoms with E-state index in [-0.39, 0.29) is 16.1 Å². The largest absolute Gasteiger partial charge is 0.316 e. The van der Waals surface area contributed by atoms with Gasteiger partial charge in [-0.3, -0.25) is 14.8 Å². The molecule has 2 heterocycles. The number of nitrogens with zero attached hydrogens (tertiary/aromatic N) is 2. The molecule has 1 aromatic carbocycles. The first-order valence-corrected chi connectivity index (χ1v) is 16.4. The Balaban J connectivity index is 0. The van der Waals surface area contributed by atoms with Gasteiger partial charge in [-0.2, -0.15) is 0 Å². The number of carbonyl (C=O) groups is 2. The van der Waals surface area contributed by atoms with E-state index in [1.807, 2.05) is 13.3 Å². The van der Waals surface area contributed by atoms with Crippen LogP contribution in [0, 0.1) is 42.4 Å². The molecular weight excluding hydrogens is 530 g/mol. The van der Waals surface area contributed by atoms with Crippen LogP contribution in [0.25, 0.3) is 0 Å². The van der Waals surface area contributed by atoms with Crippen molar-refractivity contribution in [2.75, 3.05) is 20.1 Å². The third-order valence-electron chi connectivity index (χ3n) is 8.70. The van der Waals surface area contributed by atoms with E-state index in [0.717, 1.165) is 37.5 Å². The van der Waals surface area contributed by atoms with Gasteiger partial charge in [-0.25, -0.2) is 0 Å². The summed E-state index contributed by atoms with van der Waals surface area (Å²) in [6.45, 7) is 16.8. The molecule has 1 saturated carbocycles. The Morgan fingerprint density at radius 3 is 2.26 bits per heavy atom. The molecule has 0 spiro atoms. The maximum atomic E-state index is 12.7. The zero-order valence-electron chi connectivity index (χ0n) is 27.9. The zero-order chi connectivity index (χ0) is 31.1. The Kier molecular flexibility index (Phi) is 18.4. The fourth-order valence-electron chi connectivity index (χ4n) is 6.70. The highest BCUT2D eigenvalue weighted by Crippen LogP contribution is 2.39. The lowest BCUT2D eigenvalue weighted by Gasteiger charge is -2.30. The maximum Gasteiger partial charge on any atom is 0.133 e. The fourth-order valence-corrected chi connectivity index (χ4v) is 6.70. The number of benzene rings is 1. The molecule has 4 rings (SSSR count). The van der Waals surface area contributed by atoms with Crippen LogP contribution < -0.4 is 5.32 Å². The highest BCUT2D eigenvalue weighted by atomic mass is 16.1. The van der Waals surface area contributed by atoms with Gasteiger partial charge in [0.1, 0.15) is 11.6 Å². The van der Waals surface area contributed by atoms with Crippen molar-refractivity contribution in [3.63, 3.8) is 0 Å². The lowest BCUT2D eigenvalue weighted by molar-refractivity contribution is -0.120. The number of nitrogens with one attached hydrogen (secondary N) is 1. The lowest BCUT2D eigenvalue weighted by atomic mass is 9.76. The molecule has 0 aromatic heterocycles. The van der Waals surface area contributed by atoms with Gasteiger partial charge in [0.15, 0.2) is 0 Å². The number of rotatable bonds is 7. The molecule has 0 amide bonds. The van der Waals surface area contributed by atoms with Crippen molar-refractivity contribution >= 4 is 24.0 Å². The van der Waals surface area contributed by atoms with Crippen molar-refractivity contribution in [1.82, 2.24) is 5.32 Å². The van der Waals surface area contributed by atoms with Crippen molar-refractivity contribution < 1.29 is 12.4 Å². The lowest BCUT2D eigenvalue weighted by Crippen LogP contribution is -2.33. The van der Waals surface area contributed by atoms with E-state index in [1.165, 1.54) is 75.0 Å². The molecule has 43 heavy (non-hydrogen) atoms. The van der Waals surface area contributed by atoms with Gasteiger partial charge in [0.2, 0.25) is 0 Å². The molecule has 5 unspecified atom stereocenters. The Labute approximate surface area is 267 Å². The second-order valence-electron chi connectivity index (χ2n) is 13.5. The highest BCUT2D eigenvalue weighted by molar-refractivity contribution is 5.82. The number of Topliss-reactive ketones (excluding diaryl/α,β-unsaturated/α-hetero) is 2. The van der Waals surface area contributed by atoms with Gasteiger partial charge in [-0.05, 0) is 119 Å². The van der Waals surface area contributed by atoms with Crippen LogP contribution in [-0.2, 0) is 16.0 Å². The molecule has 3 aliphatic rings. The Hall–Kier alpha value is -2.40. The number of aliphatic imine (C=N–C) groups is 2. The van der Waals surface area contributed by atoms with Crippen molar-refractivity contribution in [2.24, 2.45) is 45.5 Å². The number of ketones is 2. The molecule has 1 aliphatic carbocycles. The number of hydrogen-bond donors (Lipinski definition) is 1. The Bertz CT molecular complexity index is 1070. The average molecular weight is 598 g/mol. The minimum Gasteiger partial charge on any atom is -0.316 e. The first-order valence-electron chi connectivity index (χ1n) is 16.4. The molecule has 1 saturated heterocycles. The van der Waals surface area contributed by atoms with E-state index in [0.29, 0.717) is 35.9 Å². The van der Waals surface area contributed by atoms with Crippen molar-refractivity contribution in [2.45, 2.75) is 114 Å². The van der Waals surface area contributed by atoms with Crippen molar-refractivity contribution in [3.05, 3.63) is 46.7 Å². The van der Waals surface area contributed by atoms with Crippen molar-refractivity contribution in [3.8, 4) is 0 Å². The summed E-state index contributed by atoms with van der Waals surface area (Å²) in [6.07, 6.45) is 13.6. The van der Waals surface area contributed by atoms with Gasteiger partial charge in [0.25, 0.3) is 0 Å². The van der Waals surface area contributed by atoms with E-state index < -0.39 is 0 Å². The molecule has 0 bridgehead atoms. The maximum absolute atomic E-state index is 12.7. The normalized spacial score (nSPS) is 27.2. The second-order valence-corrected chi connectivity index (χ2v) is 13.5. The number of piperidine rings is 1. The zero-order valence-corrected chi connectivity index (χ0v) is 27.9. The molecule has 1 aromatic rings. The molecule has 0 radical (unpaired) electrons. The number of aryl methyl sites for hydroxylation is 2. The Morgan fingerprint density at radius 2 is 1.67 bits per heavy atom. The first-order chi connectivity index (χ1) is 20.0. The van der Waals surface area contributed by atoms with Crippen LogP contribution in [0.3, 0.4) is 0 Å². The molecule has 5 heteroatoms. The quantitative estimate of drug-likeness (QED) is 0.318. The smallest absolute Gasteiger partial charge is 0.133 e. The van der Waals surface area contributed by atoms with Crippen LogP contribution >= 0.6 is 0 Å². The average Bonchev–Trinajstić information content (AvgIpc) is 3.06. The predicted molar refractivity (Wildman–Crippen MR) is 191 cm³/mol. The third kappa shape index (κ3) is 14.8. The van der Waals surface area contributed by atoms with Gasteiger partial charge in [-0.1, -0.05) is 65.8 Å². The molecule has 2 fully saturated rings. The molecular formula is C38H67N3O2. The summed E-state index contributed by atoms with van der Waals surface area (Å²) >= 11 is 0. The summed E-state index contributed by atoms with van der Waals surface area (Å²) < 4.78 is 0. The molecule has 2 aliphatic heterocycles. The van der Waals surface area contributed by atoms with Gasteiger partial charge in [-0.15, -0.1) is 0 Å². The third-order valence-corrected chi connectivity index (χ3v) is 8.70. The van der Waals surface area contributed by atoms with Crippen molar-refractivity contribution in [1.29, 1.82) is 0 Å². The van der Waals surface area contributed by atoms with Crippen LogP contribution in [0.15, 0.2) is 45.5 Å². The van der Waals surface area contributed by atoms with Crippen LogP contribution in [0.1, 0.15) is 114 Å². The Morgan fingerprint density at radius 1 is 1.02 bits per heavy atom. The standard InChI is InChI=1S/C27H38N2O.C7H15N.C3H6O.CH4.2H2/c1-19-14-21(3)26(18-28-4)27(29-17-19)24-11-7-9-22(15-24)16-25(30)13-12-23-10-6-5-8-20(23)2;1-6-3-7(2)5-8-4-6;1-3(2)4;;;/h5-6,8,10,17-19,21-22,24H,7,9,11-16H2,1-4H3;6-8H,3-5H2,1-2H3;1-2H3;1H4;2*1H/t19?,21?,22-,24?;;;;;/m1...../s1. The van der Waals surface area contributed by atoms with Crippen LogP contribution in [0.2, 0.25) is 0 Å².